The summed E-state index contributed by atoms with van der Waals surface area (Å²) in [6.45, 7) is 1.81. The predicted octanol–water partition coefficient (Wildman–Crippen LogP) is 2.59. The van der Waals surface area contributed by atoms with Crippen LogP contribution in [-0.2, 0) is 0 Å². The Bertz CT molecular complexity index is 1360. The van der Waals surface area contributed by atoms with Crippen molar-refractivity contribution in [2.75, 3.05) is 0 Å². The Labute approximate surface area is 175 Å². The Hall–Kier alpha value is -4.00. The number of nitriles is 1. The van der Waals surface area contributed by atoms with E-state index in [-0.39, 0.29) is 22.9 Å². The van der Waals surface area contributed by atoms with Crippen molar-refractivity contribution >= 4 is 11.0 Å². The lowest BCUT2D eigenvalue weighted by molar-refractivity contribution is 0.318. The summed E-state index contributed by atoms with van der Waals surface area (Å²) in [4.78, 5) is 33.2. The molecule has 9 nitrogen and oxygen atoms in total. The highest BCUT2D eigenvalue weighted by molar-refractivity contribution is 5.80. The van der Waals surface area contributed by atoms with Gasteiger partial charge in [-0.05, 0) is 38.0 Å². The van der Waals surface area contributed by atoms with Gasteiger partial charge in [0, 0.05) is 24.2 Å². The first kappa shape index (κ1) is 19.0. The van der Waals surface area contributed by atoms with Gasteiger partial charge in [0.1, 0.15) is 28.9 Å². The molecule has 0 saturated heterocycles. The normalized spacial score (nSPS) is 19.0. The molecule has 3 atom stereocenters. The van der Waals surface area contributed by atoms with Crippen molar-refractivity contribution in [1.82, 2.24) is 34.7 Å². The van der Waals surface area contributed by atoms with Crippen LogP contribution in [-0.4, -0.2) is 34.7 Å². The van der Waals surface area contributed by atoms with Crippen LogP contribution in [0.25, 0.3) is 11.0 Å². The minimum Gasteiger partial charge on any atom is -0.310 e. The molecule has 4 aromatic rings. The number of halogens is 1. The molecule has 0 unspecified atom stereocenters. The van der Waals surface area contributed by atoms with E-state index in [4.69, 9.17) is 4.98 Å². The van der Waals surface area contributed by atoms with Gasteiger partial charge in [-0.15, -0.1) is 0 Å². The highest BCUT2D eigenvalue weighted by Crippen LogP contribution is 2.46. The first-order valence-electron chi connectivity index (χ1n) is 9.87. The highest BCUT2D eigenvalue weighted by atomic mass is 19.1. The van der Waals surface area contributed by atoms with Gasteiger partial charge in [-0.1, -0.05) is 0 Å². The maximum absolute atomic E-state index is 13.3. The third-order valence-electron chi connectivity index (χ3n) is 5.77. The minimum absolute atomic E-state index is 0.0131. The van der Waals surface area contributed by atoms with Crippen LogP contribution in [0.4, 0.5) is 4.39 Å². The van der Waals surface area contributed by atoms with Gasteiger partial charge in [-0.25, -0.2) is 24.0 Å². The molecule has 154 valence electrons. The molecule has 4 aromatic heterocycles. The molecular formula is C21H17FN8O. The molecule has 4 heterocycles. The van der Waals surface area contributed by atoms with Gasteiger partial charge in [0.05, 0.1) is 17.9 Å². The number of aromatic amines is 1. The predicted molar refractivity (Wildman–Crippen MR) is 108 cm³/mol. The largest absolute Gasteiger partial charge is 0.310 e. The molecule has 0 aliphatic heterocycles. The van der Waals surface area contributed by atoms with Gasteiger partial charge in [0.25, 0.3) is 5.56 Å². The van der Waals surface area contributed by atoms with E-state index in [1.807, 2.05) is 6.07 Å². The van der Waals surface area contributed by atoms with Crippen LogP contribution in [0.3, 0.4) is 0 Å². The number of hydrogen-bond donors (Lipinski definition) is 1. The van der Waals surface area contributed by atoms with E-state index >= 15 is 0 Å². The maximum Gasteiger partial charge on any atom is 0.263 e. The Morgan fingerprint density at radius 3 is 2.65 bits per heavy atom. The fourth-order valence-electron chi connectivity index (χ4n) is 3.98. The lowest BCUT2D eigenvalue weighted by Crippen LogP contribution is -2.28. The Morgan fingerprint density at radius 1 is 1.23 bits per heavy atom. The van der Waals surface area contributed by atoms with Crippen molar-refractivity contribution in [2.45, 2.75) is 37.6 Å². The van der Waals surface area contributed by atoms with Gasteiger partial charge in [0.2, 0.25) is 0 Å². The topological polar surface area (TPSA) is 126 Å². The van der Waals surface area contributed by atoms with E-state index in [0.29, 0.717) is 17.2 Å². The second-order valence-electron chi connectivity index (χ2n) is 7.53. The summed E-state index contributed by atoms with van der Waals surface area (Å²) in [5.74, 6) is 0.815. The van der Waals surface area contributed by atoms with Crippen molar-refractivity contribution in [1.29, 1.82) is 5.26 Å². The van der Waals surface area contributed by atoms with Crippen LogP contribution in [0.2, 0.25) is 0 Å². The van der Waals surface area contributed by atoms with E-state index in [2.05, 4.69) is 25.0 Å². The van der Waals surface area contributed by atoms with Crippen LogP contribution in [0.1, 0.15) is 60.7 Å². The van der Waals surface area contributed by atoms with Crippen LogP contribution >= 0.6 is 0 Å². The zero-order chi connectivity index (χ0) is 21.5. The number of hydrogen-bond acceptors (Lipinski definition) is 7. The molecule has 1 saturated carbocycles. The average Bonchev–Trinajstić information content (AvgIpc) is 3.13. The quantitative estimate of drug-likeness (QED) is 0.542. The molecule has 0 radical (unpaired) electrons. The molecule has 0 aromatic carbocycles. The SMILES string of the molecule is C[C@@H](c1ccc(F)cn1)n1nc(C#N)c2c(=O)[nH]c([C@H]3CC[C@H]3c3ncccn3)nc21. The fourth-order valence-corrected chi connectivity index (χ4v) is 3.98. The number of pyridine rings is 1. The summed E-state index contributed by atoms with van der Waals surface area (Å²) in [6.07, 6.45) is 6.25. The number of nitrogens with one attached hydrogen (secondary N) is 1. The van der Waals surface area contributed by atoms with E-state index < -0.39 is 17.4 Å². The third-order valence-corrected chi connectivity index (χ3v) is 5.77. The molecule has 0 spiro atoms. The molecule has 5 rings (SSSR count). The van der Waals surface area contributed by atoms with E-state index in [0.717, 1.165) is 24.9 Å². The molecule has 31 heavy (non-hydrogen) atoms. The van der Waals surface area contributed by atoms with E-state index in [9.17, 15) is 14.4 Å². The van der Waals surface area contributed by atoms with Crippen LogP contribution in [0.5, 0.6) is 0 Å². The van der Waals surface area contributed by atoms with Crippen molar-refractivity contribution in [2.24, 2.45) is 0 Å². The zero-order valence-electron chi connectivity index (χ0n) is 16.5. The van der Waals surface area contributed by atoms with Gasteiger partial charge >= 0.3 is 0 Å². The minimum atomic E-state index is -0.456. The summed E-state index contributed by atoms with van der Waals surface area (Å²) in [7, 11) is 0. The Kier molecular flexibility index (Phi) is 4.51. The molecule has 1 aliphatic carbocycles. The molecule has 1 aliphatic rings. The summed E-state index contributed by atoms with van der Waals surface area (Å²) >= 11 is 0. The van der Waals surface area contributed by atoms with E-state index in [1.54, 1.807) is 31.5 Å². The highest BCUT2D eigenvalue weighted by Gasteiger charge is 2.37. The number of H-pyrrole nitrogens is 1. The smallest absolute Gasteiger partial charge is 0.263 e. The second kappa shape index (κ2) is 7.36. The third kappa shape index (κ3) is 3.15. The molecule has 1 fully saturated rings. The van der Waals surface area contributed by atoms with Gasteiger partial charge in [-0.3, -0.25) is 9.78 Å². The standard InChI is InChI=1S/C21H17FN8O/c1-11(15-6-3-12(22)10-26-15)30-20-17(16(9-23)29-30)21(31)28-19(27-20)14-5-4-13(14)18-24-7-2-8-25-18/h2-3,6-8,10-11,13-14H,4-5H2,1H3,(H,27,28,31)/t11-,13+,14-/m0/s1. The van der Waals surface area contributed by atoms with Crippen molar-refractivity contribution in [3.63, 3.8) is 0 Å². The molecular weight excluding hydrogens is 399 g/mol. The Balaban J connectivity index is 1.61. The summed E-state index contributed by atoms with van der Waals surface area (Å²) in [6, 6.07) is 6.12. The summed E-state index contributed by atoms with van der Waals surface area (Å²) in [5.41, 5.74) is 0.411. The van der Waals surface area contributed by atoms with Crippen LogP contribution in [0, 0.1) is 17.1 Å². The van der Waals surface area contributed by atoms with Gasteiger partial charge in [-0.2, -0.15) is 10.4 Å². The number of rotatable bonds is 4. The summed E-state index contributed by atoms with van der Waals surface area (Å²) < 4.78 is 14.8. The summed E-state index contributed by atoms with van der Waals surface area (Å²) in [5, 5.41) is 13.9. The lowest BCUT2D eigenvalue weighted by atomic mass is 9.72. The molecule has 0 amide bonds. The molecule has 10 heteroatoms. The van der Waals surface area contributed by atoms with Crippen LogP contribution < -0.4 is 5.56 Å². The maximum atomic E-state index is 13.3. The van der Waals surface area contributed by atoms with Gasteiger partial charge in [0.15, 0.2) is 11.3 Å². The Morgan fingerprint density at radius 2 is 2.00 bits per heavy atom. The average molecular weight is 416 g/mol. The van der Waals surface area contributed by atoms with Crippen molar-refractivity contribution in [3.05, 3.63) is 76.0 Å². The zero-order valence-corrected chi connectivity index (χ0v) is 16.5. The number of aromatic nitrogens is 7. The number of nitrogens with zero attached hydrogens (tertiary/aromatic N) is 7. The second-order valence-corrected chi connectivity index (χ2v) is 7.53. The monoisotopic (exact) mass is 416 g/mol. The molecule has 0 bridgehead atoms. The van der Waals surface area contributed by atoms with Gasteiger partial charge < -0.3 is 4.98 Å². The lowest BCUT2D eigenvalue weighted by Gasteiger charge is -2.34. The van der Waals surface area contributed by atoms with Crippen LogP contribution in [0.15, 0.2) is 41.6 Å². The molecule has 1 N–H and O–H groups in total. The van der Waals surface area contributed by atoms with Crippen molar-refractivity contribution < 1.29 is 4.39 Å². The fraction of sp³-hybridized carbons (Fsp3) is 0.286. The first-order chi connectivity index (χ1) is 15.1. The van der Waals surface area contributed by atoms with Crippen molar-refractivity contribution in [3.8, 4) is 6.07 Å². The number of fused-ring (bicyclic) bond motifs is 1. The first-order valence-corrected chi connectivity index (χ1v) is 9.87. The van der Waals surface area contributed by atoms with E-state index in [1.165, 1.54) is 10.7 Å².